The largest absolute Gasteiger partial charge is 0.486 e. The van der Waals surface area contributed by atoms with Crippen molar-refractivity contribution < 1.29 is 9.47 Å². The molecule has 2 aromatic rings. The van der Waals surface area contributed by atoms with Crippen LogP contribution in [0, 0.1) is 0 Å². The second-order valence-electron chi connectivity index (χ2n) is 4.61. The Labute approximate surface area is 131 Å². The molecule has 0 aliphatic carbocycles. The molecule has 3 nitrogen and oxygen atoms in total. The second-order valence-corrected chi connectivity index (χ2v) is 7.16. The van der Waals surface area contributed by atoms with E-state index in [1.807, 2.05) is 6.07 Å². The van der Waals surface area contributed by atoms with Gasteiger partial charge in [-0.3, -0.25) is 0 Å². The van der Waals surface area contributed by atoms with E-state index in [0.29, 0.717) is 13.2 Å². The van der Waals surface area contributed by atoms with E-state index in [4.69, 9.17) is 9.47 Å². The monoisotopic (exact) mass is 353 g/mol. The van der Waals surface area contributed by atoms with Gasteiger partial charge in [-0.15, -0.1) is 11.3 Å². The van der Waals surface area contributed by atoms with E-state index in [1.165, 1.54) is 14.2 Å². The van der Waals surface area contributed by atoms with Crippen LogP contribution in [0.3, 0.4) is 0 Å². The van der Waals surface area contributed by atoms with Gasteiger partial charge in [-0.25, -0.2) is 0 Å². The van der Waals surface area contributed by atoms with Crippen molar-refractivity contribution in [3.63, 3.8) is 0 Å². The van der Waals surface area contributed by atoms with E-state index in [9.17, 15) is 0 Å². The minimum absolute atomic E-state index is 0.641. The van der Waals surface area contributed by atoms with Crippen LogP contribution in [0.2, 0.25) is 0 Å². The number of fused-ring (bicyclic) bond motifs is 1. The van der Waals surface area contributed by atoms with E-state index in [-0.39, 0.29) is 0 Å². The minimum atomic E-state index is 0.641. The summed E-state index contributed by atoms with van der Waals surface area (Å²) in [5, 5.41) is 3.46. The lowest BCUT2D eigenvalue weighted by molar-refractivity contribution is 0.171. The molecular weight excluding hydrogens is 338 g/mol. The molecule has 1 aliphatic heterocycles. The van der Waals surface area contributed by atoms with E-state index in [1.54, 1.807) is 11.3 Å². The maximum Gasteiger partial charge on any atom is 0.161 e. The third-order valence-electron chi connectivity index (χ3n) is 3.13. The zero-order chi connectivity index (χ0) is 13.8. The van der Waals surface area contributed by atoms with Crippen LogP contribution in [0.4, 0.5) is 0 Å². The lowest BCUT2D eigenvalue weighted by atomic mass is 10.1. The van der Waals surface area contributed by atoms with Crippen molar-refractivity contribution >= 4 is 27.3 Å². The fourth-order valence-corrected chi connectivity index (χ4v) is 3.59. The topological polar surface area (TPSA) is 30.5 Å². The van der Waals surface area contributed by atoms with Gasteiger partial charge in [0.15, 0.2) is 11.5 Å². The van der Waals surface area contributed by atoms with Gasteiger partial charge in [0.2, 0.25) is 0 Å². The summed E-state index contributed by atoms with van der Waals surface area (Å²) in [5.74, 6) is 1.73. The van der Waals surface area contributed by atoms with Crippen molar-refractivity contribution in [1.82, 2.24) is 5.32 Å². The van der Waals surface area contributed by atoms with Crippen molar-refractivity contribution in [3.05, 3.63) is 44.6 Å². The van der Waals surface area contributed by atoms with Crippen molar-refractivity contribution in [2.24, 2.45) is 0 Å². The van der Waals surface area contributed by atoms with Gasteiger partial charge in [-0.05, 0) is 58.7 Å². The summed E-state index contributed by atoms with van der Waals surface area (Å²) in [6.07, 6.45) is 0.989. The van der Waals surface area contributed by atoms with Gasteiger partial charge in [-0.2, -0.15) is 0 Å². The number of benzene rings is 1. The highest BCUT2D eigenvalue weighted by Gasteiger charge is 2.11. The summed E-state index contributed by atoms with van der Waals surface area (Å²) in [6.45, 7) is 3.15. The molecule has 0 unspecified atom stereocenters. The highest BCUT2D eigenvalue weighted by Crippen LogP contribution is 2.30. The van der Waals surface area contributed by atoms with Crippen LogP contribution < -0.4 is 14.8 Å². The van der Waals surface area contributed by atoms with E-state index in [0.717, 1.165) is 31.0 Å². The van der Waals surface area contributed by atoms with Crippen LogP contribution in [0.1, 0.15) is 10.4 Å². The smallest absolute Gasteiger partial charge is 0.161 e. The number of hydrogen-bond acceptors (Lipinski definition) is 4. The molecule has 3 rings (SSSR count). The molecule has 1 N–H and O–H groups in total. The number of halogens is 1. The molecule has 0 bridgehead atoms. The first kappa shape index (κ1) is 13.9. The van der Waals surface area contributed by atoms with Gasteiger partial charge in [0.1, 0.15) is 13.2 Å². The molecule has 0 saturated heterocycles. The summed E-state index contributed by atoms with van der Waals surface area (Å²) in [7, 11) is 0. The Morgan fingerprint density at radius 3 is 2.75 bits per heavy atom. The average molecular weight is 354 g/mol. The maximum atomic E-state index is 5.59. The number of rotatable bonds is 5. The first-order valence-corrected chi connectivity index (χ1v) is 8.26. The Bertz CT molecular complexity index is 585. The summed E-state index contributed by atoms with van der Waals surface area (Å²) in [4.78, 5) is 1.35. The first-order chi connectivity index (χ1) is 9.81. The predicted molar refractivity (Wildman–Crippen MR) is 84.9 cm³/mol. The number of ether oxygens (including phenoxy) is 2. The van der Waals surface area contributed by atoms with Gasteiger partial charge in [0.05, 0.1) is 3.79 Å². The molecule has 0 fully saturated rings. The Balaban J connectivity index is 1.48. The quantitative estimate of drug-likeness (QED) is 0.832. The number of thiophene rings is 1. The fraction of sp³-hybridized carbons (Fsp3) is 0.333. The minimum Gasteiger partial charge on any atom is -0.486 e. The van der Waals surface area contributed by atoms with Gasteiger partial charge in [0, 0.05) is 11.4 Å². The molecule has 2 heterocycles. The summed E-state index contributed by atoms with van der Waals surface area (Å²) in [5.41, 5.74) is 1.27. The third kappa shape index (κ3) is 3.53. The van der Waals surface area contributed by atoms with Crippen LogP contribution in [0.15, 0.2) is 34.1 Å². The Kier molecular flexibility index (Phi) is 4.60. The zero-order valence-electron chi connectivity index (χ0n) is 11.0. The maximum absolute atomic E-state index is 5.59. The second kappa shape index (κ2) is 6.61. The number of hydrogen-bond donors (Lipinski definition) is 1. The van der Waals surface area contributed by atoms with Gasteiger partial charge >= 0.3 is 0 Å². The summed E-state index contributed by atoms with van der Waals surface area (Å²) < 4.78 is 12.3. The Morgan fingerprint density at radius 2 is 1.95 bits per heavy atom. The van der Waals surface area contributed by atoms with E-state index < -0.39 is 0 Å². The molecule has 1 aromatic heterocycles. The van der Waals surface area contributed by atoms with Crippen LogP contribution in [0.25, 0.3) is 0 Å². The summed E-state index contributed by atoms with van der Waals surface area (Å²) >= 11 is 5.25. The zero-order valence-corrected chi connectivity index (χ0v) is 13.4. The highest BCUT2D eigenvalue weighted by molar-refractivity contribution is 9.11. The lowest BCUT2D eigenvalue weighted by Gasteiger charge is -2.18. The predicted octanol–water partition coefficient (Wildman–Crippen LogP) is 3.61. The van der Waals surface area contributed by atoms with Gasteiger partial charge in [-0.1, -0.05) is 6.07 Å². The normalized spacial score (nSPS) is 13.4. The molecule has 1 aliphatic rings. The molecule has 0 atom stereocenters. The molecular formula is C15H16BrNO2S. The fourth-order valence-electron chi connectivity index (χ4n) is 2.13. The molecule has 20 heavy (non-hydrogen) atoms. The lowest BCUT2D eigenvalue weighted by Crippen LogP contribution is -2.17. The SMILES string of the molecule is Brc1ccc(CNCCc2ccc3c(c2)OCCO3)s1. The molecule has 106 valence electrons. The Hall–Kier alpha value is -1.04. The standard InChI is InChI=1S/C15H16BrNO2S/c16-15-4-2-12(20-15)10-17-6-5-11-1-3-13-14(9-11)19-8-7-18-13/h1-4,9,17H,5-8,10H2. The van der Waals surface area contributed by atoms with Crippen LogP contribution in [-0.4, -0.2) is 19.8 Å². The van der Waals surface area contributed by atoms with E-state index in [2.05, 4.69) is 45.5 Å². The number of nitrogens with one attached hydrogen (secondary N) is 1. The van der Waals surface area contributed by atoms with Crippen LogP contribution in [-0.2, 0) is 13.0 Å². The van der Waals surface area contributed by atoms with Crippen LogP contribution >= 0.6 is 27.3 Å². The van der Waals surface area contributed by atoms with Crippen molar-refractivity contribution in [3.8, 4) is 11.5 Å². The van der Waals surface area contributed by atoms with Gasteiger partial charge in [0.25, 0.3) is 0 Å². The highest BCUT2D eigenvalue weighted by atomic mass is 79.9. The van der Waals surface area contributed by atoms with Crippen LogP contribution in [0.5, 0.6) is 11.5 Å². The summed E-state index contributed by atoms with van der Waals surface area (Å²) in [6, 6.07) is 10.4. The molecule has 1 aromatic carbocycles. The average Bonchev–Trinajstić information content (AvgIpc) is 2.89. The van der Waals surface area contributed by atoms with Crippen molar-refractivity contribution in [1.29, 1.82) is 0 Å². The molecule has 0 spiro atoms. The van der Waals surface area contributed by atoms with Gasteiger partial charge < -0.3 is 14.8 Å². The van der Waals surface area contributed by atoms with Crippen molar-refractivity contribution in [2.45, 2.75) is 13.0 Å². The molecule has 5 heteroatoms. The molecule has 0 radical (unpaired) electrons. The Morgan fingerprint density at radius 1 is 1.10 bits per heavy atom. The molecule has 0 saturated carbocycles. The molecule has 0 amide bonds. The third-order valence-corrected chi connectivity index (χ3v) is 4.75. The van der Waals surface area contributed by atoms with E-state index >= 15 is 0 Å². The first-order valence-electron chi connectivity index (χ1n) is 6.65. The van der Waals surface area contributed by atoms with Crippen molar-refractivity contribution in [2.75, 3.05) is 19.8 Å².